The molecule has 0 aromatic carbocycles. The number of carbonyl (C=O) groups is 1. The first-order valence-electron chi connectivity index (χ1n) is 4.66. The molecule has 0 heterocycles. The van der Waals surface area contributed by atoms with Gasteiger partial charge in [-0.3, -0.25) is 0 Å². The highest BCUT2D eigenvalue weighted by atomic mass is 16.1. The van der Waals surface area contributed by atoms with Crippen LogP contribution in [-0.2, 0) is 4.79 Å². The van der Waals surface area contributed by atoms with E-state index in [-0.39, 0.29) is 0 Å². The third-order valence-corrected chi connectivity index (χ3v) is 1.87. The Morgan fingerprint density at radius 1 is 1.36 bits per heavy atom. The number of hydrogen-bond acceptors (Lipinski definition) is 1. The fourth-order valence-electron chi connectivity index (χ4n) is 0.803. The molecule has 0 saturated heterocycles. The van der Waals surface area contributed by atoms with E-state index in [9.17, 15) is 4.79 Å². The third kappa shape index (κ3) is 5.84. The topological polar surface area (TPSA) is 17.1 Å². The lowest BCUT2D eigenvalue weighted by Gasteiger charge is -2.01. The van der Waals surface area contributed by atoms with E-state index in [0.29, 0.717) is 12.7 Å². The van der Waals surface area contributed by atoms with Crippen molar-refractivity contribution in [2.45, 2.75) is 46.4 Å². The maximum Gasteiger partial charge on any atom is 0.119 e. The minimum atomic E-state index is -0.519. The molecule has 1 nitrogen and oxygen atoms in total. The molecule has 0 N–H and O–H groups in total. The predicted molar refractivity (Wildman–Crippen MR) is 48.6 cm³/mol. The summed E-state index contributed by atoms with van der Waals surface area (Å²) in [5, 5.41) is 0. The normalized spacial score (nSPS) is 13.5. The number of hydrogen-bond donors (Lipinski definition) is 0. The molecule has 0 aromatic heterocycles. The van der Waals surface area contributed by atoms with Crippen LogP contribution in [0.4, 0.5) is 0 Å². The molecule has 1 heteroatoms. The van der Waals surface area contributed by atoms with E-state index in [1.807, 2.05) is 0 Å². The van der Waals surface area contributed by atoms with E-state index in [2.05, 4.69) is 20.8 Å². The Hall–Kier alpha value is -0.590. The summed E-state index contributed by atoms with van der Waals surface area (Å²) < 4.78 is 7.19. The van der Waals surface area contributed by atoms with Gasteiger partial charge in [0, 0.05) is 7.77 Å². The first-order chi connectivity index (χ1) is 5.57. The summed E-state index contributed by atoms with van der Waals surface area (Å²) in [4.78, 5) is 10.1. The molecule has 11 heavy (non-hydrogen) atoms. The van der Waals surface area contributed by atoms with E-state index in [4.69, 9.17) is 1.37 Å². The van der Waals surface area contributed by atoms with Crippen molar-refractivity contribution in [3.05, 3.63) is 11.1 Å². The SMILES string of the molecule is [2H]C(C=O)CCCC(C)=C(C)C. The number of carbonyl (C=O) groups excluding carboxylic acids is 1. The molecule has 0 bridgehead atoms. The lowest BCUT2D eigenvalue weighted by molar-refractivity contribution is -0.107. The van der Waals surface area contributed by atoms with Crippen LogP contribution in [0.2, 0.25) is 0 Å². The zero-order valence-electron chi connectivity index (χ0n) is 8.68. The van der Waals surface area contributed by atoms with Crippen LogP contribution >= 0.6 is 0 Å². The summed E-state index contributed by atoms with van der Waals surface area (Å²) in [6.45, 7) is 6.29. The van der Waals surface area contributed by atoms with Gasteiger partial charge in [-0.05, 0) is 40.0 Å². The molecule has 0 amide bonds. The Balaban J connectivity index is 3.57. The number of rotatable bonds is 5. The number of allylic oxidation sites excluding steroid dienone is 2. The van der Waals surface area contributed by atoms with Gasteiger partial charge in [0.05, 0.1) is 0 Å². The van der Waals surface area contributed by atoms with Gasteiger partial charge in [-0.25, -0.2) is 0 Å². The molecule has 0 spiro atoms. The van der Waals surface area contributed by atoms with Crippen molar-refractivity contribution in [1.29, 1.82) is 0 Å². The second-order valence-corrected chi connectivity index (χ2v) is 3.04. The first kappa shape index (κ1) is 8.51. The summed E-state index contributed by atoms with van der Waals surface area (Å²) in [5.41, 5.74) is 2.73. The lowest BCUT2D eigenvalue weighted by atomic mass is 10.1. The molecule has 0 aliphatic rings. The highest BCUT2D eigenvalue weighted by Crippen LogP contribution is 2.11. The minimum absolute atomic E-state index is 0.519. The van der Waals surface area contributed by atoms with Gasteiger partial charge in [0.1, 0.15) is 6.29 Å². The van der Waals surface area contributed by atoms with E-state index < -0.39 is 6.40 Å². The van der Waals surface area contributed by atoms with Gasteiger partial charge in [-0.1, -0.05) is 11.1 Å². The maximum absolute atomic E-state index is 10.1. The van der Waals surface area contributed by atoms with Crippen molar-refractivity contribution in [2.75, 3.05) is 0 Å². The monoisotopic (exact) mass is 155 g/mol. The number of aldehydes is 1. The summed E-state index contributed by atoms with van der Waals surface area (Å²) in [5.74, 6) is 0. The fraction of sp³-hybridized carbons (Fsp3) is 0.700. The minimum Gasteiger partial charge on any atom is -0.303 e. The molecule has 0 aromatic rings. The predicted octanol–water partition coefficient (Wildman–Crippen LogP) is 3.10. The molecule has 0 aliphatic carbocycles. The molecule has 0 saturated carbocycles. The molecular weight excluding hydrogens is 136 g/mol. The van der Waals surface area contributed by atoms with Crippen molar-refractivity contribution >= 4 is 6.29 Å². The van der Waals surface area contributed by atoms with Crippen LogP contribution in [0.3, 0.4) is 0 Å². The Kier molecular flexibility index (Phi) is 4.75. The van der Waals surface area contributed by atoms with E-state index in [1.165, 1.54) is 11.1 Å². The second-order valence-electron chi connectivity index (χ2n) is 3.04. The van der Waals surface area contributed by atoms with Crippen molar-refractivity contribution in [3.8, 4) is 0 Å². The molecule has 1 unspecified atom stereocenters. The largest absolute Gasteiger partial charge is 0.303 e. The van der Waals surface area contributed by atoms with Crippen LogP contribution < -0.4 is 0 Å². The smallest absolute Gasteiger partial charge is 0.119 e. The summed E-state index contributed by atoms with van der Waals surface area (Å²) >= 11 is 0. The van der Waals surface area contributed by atoms with Gasteiger partial charge >= 0.3 is 0 Å². The average Bonchev–Trinajstić information content (AvgIpc) is 2.03. The van der Waals surface area contributed by atoms with Crippen LogP contribution in [0.25, 0.3) is 0 Å². The van der Waals surface area contributed by atoms with Gasteiger partial charge in [0.2, 0.25) is 0 Å². The molecule has 1 atom stereocenters. The zero-order chi connectivity index (χ0) is 9.56. The Morgan fingerprint density at radius 2 is 2.00 bits per heavy atom. The molecule has 0 rings (SSSR count). The van der Waals surface area contributed by atoms with Gasteiger partial charge in [0.25, 0.3) is 0 Å². The molecule has 0 radical (unpaired) electrons. The third-order valence-electron chi connectivity index (χ3n) is 1.87. The van der Waals surface area contributed by atoms with E-state index >= 15 is 0 Å². The van der Waals surface area contributed by atoms with E-state index in [0.717, 1.165) is 12.8 Å². The van der Waals surface area contributed by atoms with Crippen LogP contribution in [0.15, 0.2) is 11.1 Å². The quantitative estimate of drug-likeness (QED) is 0.440. The van der Waals surface area contributed by atoms with Crippen molar-refractivity contribution < 1.29 is 6.17 Å². The first-order valence-corrected chi connectivity index (χ1v) is 4.08. The highest BCUT2D eigenvalue weighted by Gasteiger charge is 1.92. The van der Waals surface area contributed by atoms with Crippen molar-refractivity contribution in [2.24, 2.45) is 0 Å². The molecule has 0 aliphatic heterocycles. The standard InChI is InChI=1S/C10H18O/c1-9(2)10(3)7-5-4-6-8-11/h8H,4-7H2,1-3H3/i6D. The summed E-state index contributed by atoms with van der Waals surface area (Å²) in [6.07, 6.45) is 2.84. The summed E-state index contributed by atoms with van der Waals surface area (Å²) in [6, 6.07) is 0. The molecule has 0 fully saturated rings. The Labute approximate surface area is 70.9 Å². The van der Waals surface area contributed by atoms with Crippen LogP contribution in [-0.4, -0.2) is 6.29 Å². The van der Waals surface area contributed by atoms with Gasteiger partial charge in [-0.15, -0.1) is 0 Å². The lowest BCUT2D eigenvalue weighted by Crippen LogP contribution is -1.83. The highest BCUT2D eigenvalue weighted by molar-refractivity contribution is 5.48. The Bertz CT molecular complexity index is 169. The van der Waals surface area contributed by atoms with Crippen LogP contribution in [0.1, 0.15) is 47.8 Å². The summed E-state index contributed by atoms with van der Waals surface area (Å²) in [7, 11) is 0. The Morgan fingerprint density at radius 3 is 2.45 bits per heavy atom. The second kappa shape index (κ2) is 6.14. The average molecular weight is 155 g/mol. The van der Waals surface area contributed by atoms with Crippen molar-refractivity contribution in [1.82, 2.24) is 0 Å². The van der Waals surface area contributed by atoms with Gasteiger partial charge in [0.15, 0.2) is 0 Å². The van der Waals surface area contributed by atoms with Crippen molar-refractivity contribution in [3.63, 3.8) is 0 Å². The van der Waals surface area contributed by atoms with Gasteiger partial charge < -0.3 is 4.79 Å². The van der Waals surface area contributed by atoms with Crippen LogP contribution in [0, 0.1) is 0 Å². The van der Waals surface area contributed by atoms with Crippen LogP contribution in [0.5, 0.6) is 0 Å². The zero-order valence-corrected chi connectivity index (χ0v) is 7.68. The van der Waals surface area contributed by atoms with E-state index in [1.54, 1.807) is 0 Å². The van der Waals surface area contributed by atoms with Gasteiger partial charge in [-0.2, -0.15) is 0 Å². The fourth-order valence-corrected chi connectivity index (χ4v) is 0.803. The maximum atomic E-state index is 10.1. The molecule has 64 valence electrons. The molecular formula is C10H18O.